The summed E-state index contributed by atoms with van der Waals surface area (Å²) < 4.78 is 5.27. The largest absolute Gasteiger partial charge is 0.369 e. The summed E-state index contributed by atoms with van der Waals surface area (Å²) >= 11 is 5.94. The second kappa shape index (κ2) is 7.30. The van der Waals surface area contributed by atoms with E-state index in [4.69, 9.17) is 22.1 Å². The fourth-order valence-corrected chi connectivity index (χ4v) is 1.70. The van der Waals surface area contributed by atoms with Crippen molar-refractivity contribution >= 4 is 23.2 Å². The molecule has 0 aliphatic carbocycles. The molecular weight excluding hydrogens is 276 g/mol. The Morgan fingerprint density at radius 3 is 2.80 bits per heavy atom. The number of rotatable bonds is 4. The van der Waals surface area contributed by atoms with E-state index in [1.165, 1.54) is 7.11 Å². The van der Waals surface area contributed by atoms with Crippen molar-refractivity contribution in [3.63, 3.8) is 0 Å². The van der Waals surface area contributed by atoms with Crippen molar-refractivity contribution in [3.05, 3.63) is 28.8 Å². The molecule has 0 saturated carbocycles. The highest BCUT2D eigenvalue weighted by atomic mass is 35.5. The lowest BCUT2D eigenvalue weighted by molar-refractivity contribution is -0.136. The predicted octanol–water partition coefficient (Wildman–Crippen LogP) is 2.40. The van der Waals surface area contributed by atoms with Crippen LogP contribution in [-0.4, -0.2) is 25.2 Å². The summed E-state index contributed by atoms with van der Waals surface area (Å²) in [6, 6.07) is 5.10. The smallest absolute Gasteiger partial charge is 0.256 e. The predicted molar refractivity (Wildman–Crippen MR) is 81.7 cm³/mol. The third-order valence-electron chi connectivity index (χ3n) is 3.16. The van der Waals surface area contributed by atoms with Crippen LogP contribution in [-0.2, 0) is 9.53 Å². The summed E-state index contributed by atoms with van der Waals surface area (Å²) in [5.74, 6) is 5.42. The Morgan fingerprint density at radius 1 is 1.55 bits per heavy atom. The van der Waals surface area contributed by atoms with Crippen LogP contribution in [0.3, 0.4) is 0 Å². The molecule has 0 fully saturated rings. The average Bonchev–Trinajstić information content (AvgIpc) is 2.46. The van der Waals surface area contributed by atoms with Gasteiger partial charge in [0, 0.05) is 17.7 Å². The summed E-state index contributed by atoms with van der Waals surface area (Å²) in [5.41, 5.74) is 5.71. The van der Waals surface area contributed by atoms with Crippen molar-refractivity contribution in [1.82, 2.24) is 0 Å². The molecule has 0 saturated heterocycles. The normalized spacial score (nSPS) is 13.1. The van der Waals surface area contributed by atoms with Crippen LogP contribution >= 0.6 is 11.6 Å². The van der Waals surface area contributed by atoms with E-state index in [1.807, 2.05) is 6.92 Å². The molecule has 0 heterocycles. The number of nitrogens with one attached hydrogen (secondary N) is 1. The maximum absolute atomic E-state index is 12.3. The topological polar surface area (TPSA) is 64.3 Å². The summed E-state index contributed by atoms with van der Waals surface area (Å²) in [6.07, 6.45) is 0.562. The van der Waals surface area contributed by atoms with Gasteiger partial charge in [-0.1, -0.05) is 30.4 Å². The van der Waals surface area contributed by atoms with Crippen molar-refractivity contribution in [2.45, 2.75) is 25.9 Å². The van der Waals surface area contributed by atoms with Crippen LogP contribution in [0.5, 0.6) is 0 Å². The molecule has 1 unspecified atom stereocenters. The van der Waals surface area contributed by atoms with Gasteiger partial charge in [0.25, 0.3) is 5.91 Å². The minimum absolute atomic E-state index is 0.222. The van der Waals surface area contributed by atoms with E-state index < -0.39 is 5.60 Å². The summed E-state index contributed by atoms with van der Waals surface area (Å²) in [6.45, 7) is 3.87. The lowest BCUT2D eigenvalue weighted by Gasteiger charge is -2.25. The summed E-state index contributed by atoms with van der Waals surface area (Å²) in [4.78, 5) is 12.3. The fraction of sp³-hybridized carbons (Fsp3) is 0.400. The molecule has 5 heteroatoms. The van der Waals surface area contributed by atoms with Crippen LogP contribution < -0.4 is 11.1 Å². The van der Waals surface area contributed by atoms with Crippen LogP contribution in [0.25, 0.3) is 0 Å². The standard InChI is InChI=1S/C15H19ClN2O2/c1-4-15(2,20-3)14(19)18-13-8-7-12(16)10-11(13)6-5-9-17/h7-8,10H,4,9,17H2,1-3H3,(H,18,19). The van der Waals surface area contributed by atoms with Crippen molar-refractivity contribution in [2.24, 2.45) is 5.73 Å². The molecule has 4 nitrogen and oxygen atoms in total. The first-order chi connectivity index (χ1) is 9.46. The first kappa shape index (κ1) is 16.5. The van der Waals surface area contributed by atoms with Gasteiger partial charge in [0.2, 0.25) is 0 Å². The molecule has 0 aliphatic rings. The SMILES string of the molecule is CCC(C)(OC)C(=O)Nc1ccc(Cl)cc1C#CCN. The Hall–Kier alpha value is -1.54. The Kier molecular flexibility index (Phi) is 6.03. The van der Waals surface area contributed by atoms with Gasteiger partial charge < -0.3 is 15.8 Å². The van der Waals surface area contributed by atoms with Crippen LogP contribution in [0.2, 0.25) is 5.02 Å². The number of hydrogen-bond acceptors (Lipinski definition) is 3. The first-order valence-corrected chi connectivity index (χ1v) is 6.69. The molecule has 0 bridgehead atoms. The van der Waals surface area contributed by atoms with Crippen molar-refractivity contribution < 1.29 is 9.53 Å². The molecule has 20 heavy (non-hydrogen) atoms. The van der Waals surface area contributed by atoms with Gasteiger partial charge in [0.1, 0.15) is 5.60 Å². The third-order valence-corrected chi connectivity index (χ3v) is 3.40. The van der Waals surface area contributed by atoms with E-state index in [2.05, 4.69) is 17.2 Å². The molecule has 0 spiro atoms. The van der Waals surface area contributed by atoms with E-state index in [0.29, 0.717) is 22.7 Å². The zero-order chi connectivity index (χ0) is 15.2. The highest BCUT2D eigenvalue weighted by molar-refractivity contribution is 6.30. The number of methoxy groups -OCH3 is 1. The molecular formula is C15H19ClN2O2. The molecule has 1 atom stereocenters. The van der Waals surface area contributed by atoms with Crippen LogP contribution in [0.1, 0.15) is 25.8 Å². The van der Waals surface area contributed by atoms with Gasteiger partial charge in [0.05, 0.1) is 12.2 Å². The van der Waals surface area contributed by atoms with Crippen LogP contribution in [0.15, 0.2) is 18.2 Å². The Bertz CT molecular complexity index is 543. The highest BCUT2D eigenvalue weighted by Gasteiger charge is 2.31. The third kappa shape index (κ3) is 3.97. The van der Waals surface area contributed by atoms with Gasteiger partial charge in [-0.2, -0.15) is 0 Å². The minimum Gasteiger partial charge on any atom is -0.369 e. The number of ether oxygens (including phenoxy) is 1. The number of anilines is 1. The van der Waals surface area contributed by atoms with E-state index in [-0.39, 0.29) is 12.5 Å². The van der Waals surface area contributed by atoms with E-state index in [9.17, 15) is 4.79 Å². The minimum atomic E-state index is -0.877. The van der Waals surface area contributed by atoms with Gasteiger partial charge >= 0.3 is 0 Å². The van der Waals surface area contributed by atoms with Crippen molar-refractivity contribution in [1.29, 1.82) is 0 Å². The van der Waals surface area contributed by atoms with Gasteiger partial charge in [-0.3, -0.25) is 4.79 Å². The zero-order valence-electron chi connectivity index (χ0n) is 11.9. The number of amides is 1. The molecule has 0 aromatic heterocycles. The van der Waals surface area contributed by atoms with Crippen molar-refractivity contribution in [2.75, 3.05) is 19.0 Å². The van der Waals surface area contributed by atoms with Gasteiger partial charge in [0.15, 0.2) is 0 Å². The quantitative estimate of drug-likeness (QED) is 0.838. The first-order valence-electron chi connectivity index (χ1n) is 6.32. The maximum Gasteiger partial charge on any atom is 0.256 e. The highest BCUT2D eigenvalue weighted by Crippen LogP contribution is 2.23. The van der Waals surface area contributed by atoms with Crippen LogP contribution in [0, 0.1) is 11.8 Å². The average molecular weight is 295 g/mol. The lowest BCUT2D eigenvalue weighted by Crippen LogP contribution is -2.41. The number of carbonyl (C=O) groups excluding carboxylic acids is 1. The molecule has 3 N–H and O–H groups in total. The molecule has 0 aliphatic heterocycles. The second-order valence-corrected chi connectivity index (χ2v) is 4.87. The number of benzene rings is 1. The lowest BCUT2D eigenvalue weighted by atomic mass is 10.0. The number of halogens is 1. The molecule has 1 aromatic rings. The van der Waals surface area contributed by atoms with Gasteiger partial charge in [-0.25, -0.2) is 0 Å². The van der Waals surface area contributed by atoms with Crippen LogP contribution in [0.4, 0.5) is 5.69 Å². The number of carbonyl (C=O) groups is 1. The molecule has 1 aromatic carbocycles. The van der Waals surface area contributed by atoms with E-state index in [1.54, 1.807) is 25.1 Å². The summed E-state index contributed by atoms with van der Waals surface area (Å²) in [5, 5.41) is 3.37. The summed E-state index contributed by atoms with van der Waals surface area (Å²) in [7, 11) is 1.51. The maximum atomic E-state index is 12.3. The Labute approximate surface area is 124 Å². The van der Waals surface area contributed by atoms with Gasteiger partial charge in [-0.15, -0.1) is 0 Å². The fourth-order valence-electron chi connectivity index (χ4n) is 1.53. The monoisotopic (exact) mass is 294 g/mol. The Balaban J connectivity index is 3.06. The second-order valence-electron chi connectivity index (χ2n) is 4.44. The molecule has 1 rings (SSSR count). The molecule has 1 amide bonds. The Morgan fingerprint density at radius 2 is 2.25 bits per heavy atom. The number of hydrogen-bond donors (Lipinski definition) is 2. The van der Waals surface area contributed by atoms with E-state index >= 15 is 0 Å². The molecule has 0 radical (unpaired) electrons. The van der Waals surface area contributed by atoms with Gasteiger partial charge in [-0.05, 0) is 31.5 Å². The molecule has 108 valence electrons. The number of nitrogens with two attached hydrogens (primary N) is 1. The van der Waals surface area contributed by atoms with E-state index in [0.717, 1.165) is 0 Å². The van der Waals surface area contributed by atoms with Crippen molar-refractivity contribution in [3.8, 4) is 11.8 Å². The zero-order valence-corrected chi connectivity index (χ0v) is 12.7.